The summed E-state index contributed by atoms with van der Waals surface area (Å²) >= 11 is 0. The zero-order valence-electron chi connectivity index (χ0n) is 18.4. The predicted molar refractivity (Wildman–Crippen MR) is 124 cm³/mol. The van der Waals surface area contributed by atoms with Crippen molar-refractivity contribution in [3.8, 4) is 0 Å². The van der Waals surface area contributed by atoms with Crippen LogP contribution in [-0.4, -0.2) is 78.1 Å². The van der Waals surface area contributed by atoms with Gasteiger partial charge in [-0.2, -0.15) is 0 Å². The Bertz CT molecular complexity index is 1030. The van der Waals surface area contributed by atoms with Gasteiger partial charge in [0.15, 0.2) is 5.82 Å². The number of piperidine rings is 1. The quantitative estimate of drug-likeness (QED) is 0.554. The number of carbonyl (C=O) groups is 1. The molecule has 0 bridgehead atoms. The molecule has 2 fully saturated rings. The fourth-order valence-corrected chi connectivity index (χ4v) is 5.01. The molecule has 0 radical (unpaired) electrons. The van der Waals surface area contributed by atoms with Crippen LogP contribution in [0.3, 0.4) is 0 Å². The average Bonchev–Trinajstić information content (AvgIpc) is 3.34. The lowest BCUT2D eigenvalue weighted by molar-refractivity contribution is 0.0958. The Morgan fingerprint density at radius 2 is 1.94 bits per heavy atom. The fraction of sp³-hybridized carbons (Fsp3) is 0.545. The second-order valence-corrected chi connectivity index (χ2v) is 8.71. The zero-order valence-corrected chi connectivity index (χ0v) is 18.4. The maximum absolute atomic E-state index is 12.4. The summed E-state index contributed by atoms with van der Waals surface area (Å²) in [5.41, 5.74) is 1.97. The minimum atomic E-state index is -0.166. The molecule has 5 rings (SSSR count). The van der Waals surface area contributed by atoms with E-state index in [9.17, 15) is 9.59 Å². The van der Waals surface area contributed by atoms with E-state index in [1.165, 1.54) is 0 Å². The number of aromatic nitrogens is 3. The van der Waals surface area contributed by atoms with E-state index in [2.05, 4.69) is 35.7 Å². The molecule has 2 aromatic rings. The summed E-state index contributed by atoms with van der Waals surface area (Å²) in [6.07, 6.45) is 4.98. The summed E-state index contributed by atoms with van der Waals surface area (Å²) in [4.78, 5) is 41.0. The van der Waals surface area contributed by atoms with Crippen LogP contribution in [0.5, 0.6) is 0 Å². The highest BCUT2D eigenvalue weighted by atomic mass is 16.1. The van der Waals surface area contributed by atoms with Crippen molar-refractivity contribution >= 4 is 23.1 Å². The van der Waals surface area contributed by atoms with Gasteiger partial charge in [-0.05, 0) is 37.9 Å². The molecule has 0 saturated carbocycles. The summed E-state index contributed by atoms with van der Waals surface area (Å²) in [5, 5.41) is 8.96. The number of anilines is 3. The minimum absolute atomic E-state index is 0.0833. The number of fused-ring (bicyclic) bond motifs is 1. The van der Waals surface area contributed by atoms with Gasteiger partial charge < -0.3 is 25.8 Å². The normalized spacial score (nSPS) is 21.5. The number of hydrogen-bond acceptors (Lipinski definition) is 8. The fourth-order valence-electron chi connectivity index (χ4n) is 5.01. The van der Waals surface area contributed by atoms with E-state index in [1.807, 2.05) is 6.07 Å². The van der Waals surface area contributed by atoms with Crippen molar-refractivity contribution in [3.63, 3.8) is 0 Å². The highest BCUT2D eigenvalue weighted by molar-refractivity contribution is 5.92. The molecule has 3 aliphatic rings. The molecule has 1 amide bonds. The second kappa shape index (κ2) is 8.78. The molecule has 4 N–H and O–H groups in total. The monoisotopic (exact) mass is 438 g/mol. The lowest BCUT2D eigenvalue weighted by atomic mass is 10.0. The van der Waals surface area contributed by atoms with Crippen molar-refractivity contribution in [3.05, 3.63) is 40.2 Å². The first-order valence-electron chi connectivity index (χ1n) is 11.4. The van der Waals surface area contributed by atoms with E-state index >= 15 is 0 Å². The summed E-state index contributed by atoms with van der Waals surface area (Å²) < 4.78 is 0. The Balaban J connectivity index is 1.18. The third-order valence-electron chi connectivity index (χ3n) is 6.82. The number of H-pyrrole nitrogens is 1. The predicted octanol–water partition coefficient (Wildman–Crippen LogP) is 0.820. The topological polar surface area (TPSA) is 118 Å². The molecule has 1 atom stereocenters. The molecule has 32 heavy (non-hydrogen) atoms. The van der Waals surface area contributed by atoms with E-state index < -0.39 is 0 Å². The number of likely N-dealkylation sites (tertiary alicyclic amines) is 1. The smallest absolute Gasteiger partial charge is 0.276 e. The summed E-state index contributed by atoms with van der Waals surface area (Å²) in [6.45, 7) is 5.42. The molecule has 5 heterocycles. The molecule has 170 valence electrons. The number of amides is 1. The van der Waals surface area contributed by atoms with Crippen molar-refractivity contribution in [2.24, 2.45) is 0 Å². The van der Waals surface area contributed by atoms with Crippen LogP contribution >= 0.6 is 0 Å². The van der Waals surface area contributed by atoms with Crippen LogP contribution in [0.1, 0.15) is 41.5 Å². The van der Waals surface area contributed by atoms with Gasteiger partial charge in [0, 0.05) is 51.7 Å². The third kappa shape index (κ3) is 4.02. The SMILES string of the molecule is CNC(=O)c1ccc(N2CCC(N3CCC(c4nc5c(c(=O)[nH]4)NCCN5)C3)CC2)cn1. The van der Waals surface area contributed by atoms with Crippen molar-refractivity contribution in [2.75, 3.05) is 61.8 Å². The van der Waals surface area contributed by atoms with Crippen molar-refractivity contribution in [1.82, 2.24) is 25.2 Å². The van der Waals surface area contributed by atoms with E-state index in [4.69, 9.17) is 4.98 Å². The Kier molecular flexibility index (Phi) is 5.69. The average molecular weight is 439 g/mol. The molecular formula is C22H30N8O2. The van der Waals surface area contributed by atoms with Crippen LogP contribution in [0.2, 0.25) is 0 Å². The number of aromatic amines is 1. The lowest BCUT2D eigenvalue weighted by Gasteiger charge is -2.37. The Hall–Kier alpha value is -3.14. The lowest BCUT2D eigenvalue weighted by Crippen LogP contribution is -2.44. The number of rotatable bonds is 4. The van der Waals surface area contributed by atoms with Crippen LogP contribution in [0.4, 0.5) is 17.2 Å². The minimum Gasteiger partial charge on any atom is -0.376 e. The van der Waals surface area contributed by atoms with E-state index in [0.717, 1.165) is 70.0 Å². The molecule has 1 unspecified atom stereocenters. The Morgan fingerprint density at radius 1 is 1.12 bits per heavy atom. The van der Waals surface area contributed by atoms with Gasteiger partial charge in [0.1, 0.15) is 17.2 Å². The number of pyridine rings is 1. The van der Waals surface area contributed by atoms with Crippen LogP contribution in [0.25, 0.3) is 0 Å². The standard InChI is InChI=1S/C22H30N8O2/c1-23-21(31)17-3-2-16(12-26-17)29-10-5-15(6-11-29)30-9-4-14(13-30)19-27-20-18(22(32)28-19)24-7-8-25-20/h2-3,12,14-15,24H,4-11,13H2,1H3,(H,23,31)(H2,25,27,28,32). The van der Waals surface area contributed by atoms with Crippen LogP contribution in [-0.2, 0) is 0 Å². The maximum atomic E-state index is 12.4. The first-order valence-corrected chi connectivity index (χ1v) is 11.4. The van der Waals surface area contributed by atoms with Gasteiger partial charge in [-0.1, -0.05) is 0 Å². The number of hydrogen-bond donors (Lipinski definition) is 4. The second-order valence-electron chi connectivity index (χ2n) is 8.71. The van der Waals surface area contributed by atoms with Crippen molar-refractivity contribution in [2.45, 2.75) is 31.2 Å². The molecule has 2 saturated heterocycles. The molecule has 10 heteroatoms. The van der Waals surface area contributed by atoms with E-state index in [-0.39, 0.29) is 17.4 Å². The highest BCUT2D eigenvalue weighted by Gasteiger charge is 2.33. The van der Waals surface area contributed by atoms with Gasteiger partial charge in [-0.25, -0.2) is 9.97 Å². The molecule has 2 aromatic heterocycles. The Morgan fingerprint density at radius 3 is 2.69 bits per heavy atom. The molecule has 3 aliphatic heterocycles. The highest BCUT2D eigenvalue weighted by Crippen LogP contribution is 2.31. The zero-order chi connectivity index (χ0) is 22.1. The molecule has 0 aromatic carbocycles. The third-order valence-corrected chi connectivity index (χ3v) is 6.82. The van der Waals surface area contributed by atoms with E-state index in [1.54, 1.807) is 19.3 Å². The van der Waals surface area contributed by atoms with Gasteiger partial charge in [-0.3, -0.25) is 14.5 Å². The van der Waals surface area contributed by atoms with Crippen LogP contribution in [0.15, 0.2) is 23.1 Å². The van der Waals surface area contributed by atoms with Crippen molar-refractivity contribution in [1.29, 1.82) is 0 Å². The van der Waals surface area contributed by atoms with Gasteiger partial charge in [0.05, 0.1) is 11.9 Å². The summed E-state index contributed by atoms with van der Waals surface area (Å²) in [7, 11) is 1.61. The first kappa shape index (κ1) is 20.7. The van der Waals surface area contributed by atoms with Crippen LogP contribution in [0, 0.1) is 0 Å². The maximum Gasteiger partial charge on any atom is 0.276 e. The van der Waals surface area contributed by atoms with Gasteiger partial charge in [0.2, 0.25) is 0 Å². The van der Waals surface area contributed by atoms with Crippen LogP contribution < -0.4 is 26.4 Å². The molecule has 10 nitrogen and oxygen atoms in total. The van der Waals surface area contributed by atoms with Gasteiger partial charge in [-0.15, -0.1) is 0 Å². The van der Waals surface area contributed by atoms with Gasteiger partial charge in [0.25, 0.3) is 11.5 Å². The van der Waals surface area contributed by atoms with Crippen molar-refractivity contribution < 1.29 is 4.79 Å². The van der Waals surface area contributed by atoms with Gasteiger partial charge >= 0.3 is 0 Å². The molecule has 0 aliphatic carbocycles. The summed E-state index contributed by atoms with van der Waals surface area (Å²) in [6, 6.07) is 4.30. The number of nitrogens with zero attached hydrogens (tertiary/aromatic N) is 4. The first-order chi connectivity index (χ1) is 15.6. The Labute approximate surface area is 186 Å². The van der Waals surface area contributed by atoms with E-state index in [0.29, 0.717) is 23.2 Å². The number of carbonyl (C=O) groups excluding carboxylic acids is 1. The molecule has 0 spiro atoms. The summed E-state index contributed by atoms with van der Waals surface area (Å²) in [5.74, 6) is 1.57. The number of nitrogens with one attached hydrogen (secondary N) is 4. The largest absolute Gasteiger partial charge is 0.376 e. The molecular weight excluding hydrogens is 408 g/mol.